The number of aromatic nitrogens is 1. The molecule has 5 nitrogen and oxygen atoms in total. The SMILES string of the molecule is C[C@@H](COc1ccncc1C1CC1)C[C@H]1Cc2ccccc2C12CCC(Nc1cccc(Cl)c1)(C(=O)O)CC2. The van der Waals surface area contributed by atoms with E-state index in [9.17, 15) is 9.90 Å². The number of hydrogen-bond acceptors (Lipinski definition) is 4. The van der Waals surface area contributed by atoms with Gasteiger partial charge in [0.15, 0.2) is 0 Å². The zero-order chi connectivity index (χ0) is 27.0. The summed E-state index contributed by atoms with van der Waals surface area (Å²) in [6.45, 7) is 2.97. The van der Waals surface area contributed by atoms with Crippen molar-refractivity contribution in [2.45, 2.75) is 75.2 Å². The molecule has 39 heavy (non-hydrogen) atoms. The maximum absolute atomic E-state index is 12.7. The molecule has 204 valence electrons. The molecule has 2 N–H and O–H groups in total. The number of carboxylic acid groups (broad SMARTS) is 1. The van der Waals surface area contributed by atoms with E-state index in [1.807, 2.05) is 42.7 Å². The zero-order valence-corrected chi connectivity index (χ0v) is 23.3. The highest BCUT2D eigenvalue weighted by atomic mass is 35.5. The lowest BCUT2D eigenvalue weighted by molar-refractivity contribution is -0.144. The minimum absolute atomic E-state index is 0.00431. The minimum Gasteiger partial charge on any atom is -0.493 e. The van der Waals surface area contributed by atoms with E-state index in [1.165, 1.54) is 29.5 Å². The topological polar surface area (TPSA) is 71.5 Å². The van der Waals surface area contributed by atoms with Gasteiger partial charge in [0.25, 0.3) is 0 Å². The van der Waals surface area contributed by atoms with Gasteiger partial charge in [-0.3, -0.25) is 4.98 Å². The summed E-state index contributed by atoms with van der Waals surface area (Å²) in [7, 11) is 0. The quantitative estimate of drug-likeness (QED) is 0.289. The van der Waals surface area contributed by atoms with E-state index in [0.29, 0.717) is 42.2 Å². The van der Waals surface area contributed by atoms with Gasteiger partial charge >= 0.3 is 5.97 Å². The number of fused-ring (bicyclic) bond motifs is 2. The molecule has 3 aromatic rings. The molecule has 6 heteroatoms. The van der Waals surface area contributed by atoms with Gasteiger partial charge in [0.1, 0.15) is 11.3 Å². The van der Waals surface area contributed by atoms with E-state index in [-0.39, 0.29) is 5.41 Å². The second-order valence-corrected chi connectivity index (χ2v) is 12.5. The third-order valence-corrected chi connectivity index (χ3v) is 9.69. The van der Waals surface area contributed by atoms with Crippen LogP contribution in [-0.2, 0) is 16.6 Å². The first kappa shape index (κ1) is 26.2. The van der Waals surface area contributed by atoms with Gasteiger partial charge < -0.3 is 15.2 Å². The molecule has 0 unspecified atom stereocenters. The molecule has 2 aromatic carbocycles. The second-order valence-electron chi connectivity index (χ2n) is 12.1. The summed E-state index contributed by atoms with van der Waals surface area (Å²) >= 11 is 6.20. The summed E-state index contributed by atoms with van der Waals surface area (Å²) in [5.41, 5.74) is 3.86. The molecule has 6 rings (SSSR count). The molecule has 3 aliphatic carbocycles. The number of carboxylic acids is 1. The van der Waals surface area contributed by atoms with Crippen molar-refractivity contribution < 1.29 is 14.6 Å². The number of halogens is 1. The number of carbonyl (C=O) groups is 1. The van der Waals surface area contributed by atoms with Crippen LogP contribution in [0.15, 0.2) is 67.0 Å². The van der Waals surface area contributed by atoms with Crippen LogP contribution in [0.25, 0.3) is 0 Å². The average molecular weight is 545 g/mol. The monoisotopic (exact) mass is 544 g/mol. The third-order valence-electron chi connectivity index (χ3n) is 9.45. The number of nitrogens with one attached hydrogen (secondary N) is 1. The number of hydrogen-bond donors (Lipinski definition) is 2. The molecular weight excluding hydrogens is 508 g/mol. The van der Waals surface area contributed by atoms with Crippen LogP contribution in [0.5, 0.6) is 5.75 Å². The normalized spacial score (nSPS) is 26.7. The molecule has 0 radical (unpaired) electrons. The van der Waals surface area contributed by atoms with Gasteiger partial charge in [0.05, 0.1) is 6.61 Å². The number of benzene rings is 2. The van der Waals surface area contributed by atoms with Crippen LogP contribution in [0.3, 0.4) is 0 Å². The van der Waals surface area contributed by atoms with Gasteiger partial charge in [-0.25, -0.2) is 4.79 Å². The van der Waals surface area contributed by atoms with Gasteiger partial charge in [-0.05, 0) is 110 Å². The van der Waals surface area contributed by atoms with E-state index >= 15 is 0 Å². The van der Waals surface area contributed by atoms with Crippen LogP contribution in [0.1, 0.15) is 74.5 Å². The molecule has 2 atom stereocenters. The lowest BCUT2D eigenvalue weighted by atomic mass is 9.59. The number of nitrogens with zero attached hydrogens (tertiary/aromatic N) is 1. The van der Waals surface area contributed by atoms with Gasteiger partial charge in [-0.15, -0.1) is 0 Å². The van der Waals surface area contributed by atoms with Crippen molar-refractivity contribution in [2.24, 2.45) is 11.8 Å². The fourth-order valence-electron chi connectivity index (χ4n) is 7.22. The largest absolute Gasteiger partial charge is 0.493 e. The zero-order valence-electron chi connectivity index (χ0n) is 22.5. The molecule has 0 aliphatic heterocycles. The Hall–Kier alpha value is -3.05. The molecule has 1 aromatic heterocycles. The summed E-state index contributed by atoms with van der Waals surface area (Å²) in [6.07, 6.45) is 11.2. The lowest BCUT2D eigenvalue weighted by Gasteiger charge is -2.47. The van der Waals surface area contributed by atoms with Gasteiger partial charge in [0, 0.05) is 28.7 Å². The highest BCUT2D eigenvalue weighted by Crippen LogP contribution is 2.56. The van der Waals surface area contributed by atoms with Crippen molar-refractivity contribution in [2.75, 3.05) is 11.9 Å². The van der Waals surface area contributed by atoms with Crippen molar-refractivity contribution in [3.8, 4) is 5.75 Å². The standard InChI is InChI=1S/C33H37ClN2O3/c1-22(21-39-30-11-16-35-20-28(30)23-9-10-23)17-25-18-24-5-2-3-8-29(24)32(25)12-14-33(15-13-32,31(37)38)36-27-7-4-6-26(34)19-27/h2-8,11,16,19-20,22-23,25,36H,9-10,12-15,17-18,21H2,1H3,(H,37,38)/t22-,25+,32?,33?/m1/s1. The molecule has 2 saturated carbocycles. The number of rotatable bonds is 9. The Morgan fingerprint density at radius 2 is 1.92 bits per heavy atom. The smallest absolute Gasteiger partial charge is 0.329 e. The Balaban J connectivity index is 1.19. The lowest BCUT2D eigenvalue weighted by Crippen LogP contribution is -2.53. The predicted molar refractivity (Wildman–Crippen MR) is 155 cm³/mol. The number of pyridine rings is 1. The molecule has 0 amide bonds. The van der Waals surface area contributed by atoms with E-state index in [0.717, 1.165) is 37.1 Å². The van der Waals surface area contributed by atoms with Crippen LogP contribution in [-0.4, -0.2) is 28.2 Å². The van der Waals surface area contributed by atoms with Crippen LogP contribution in [0.2, 0.25) is 5.02 Å². The summed E-state index contributed by atoms with van der Waals surface area (Å²) < 4.78 is 6.37. The first-order valence-electron chi connectivity index (χ1n) is 14.3. The summed E-state index contributed by atoms with van der Waals surface area (Å²) in [5.74, 6) is 1.66. The fourth-order valence-corrected chi connectivity index (χ4v) is 7.41. The number of aliphatic carboxylic acids is 1. The molecule has 2 fully saturated rings. The summed E-state index contributed by atoms with van der Waals surface area (Å²) in [5, 5.41) is 14.4. The Morgan fingerprint density at radius 3 is 2.67 bits per heavy atom. The Bertz CT molecular complexity index is 1350. The molecular formula is C33H37ClN2O3. The van der Waals surface area contributed by atoms with Crippen molar-refractivity contribution in [3.63, 3.8) is 0 Å². The van der Waals surface area contributed by atoms with Crippen LogP contribution < -0.4 is 10.1 Å². The van der Waals surface area contributed by atoms with E-state index in [1.54, 1.807) is 0 Å². The Labute approximate surface area is 236 Å². The van der Waals surface area contributed by atoms with Crippen LogP contribution in [0, 0.1) is 11.8 Å². The maximum Gasteiger partial charge on any atom is 0.329 e. The fraction of sp³-hybridized carbons (Fsp3) is 0.455. The molecule has 0 bridgehead atoms. The highest BCUT2D eigenvalue weighted by Gasteiger charge is 2.54. The molecule has 1 spiro atoms. The second kappa shape index (κ2) is 10.5. The molecule has 1 heterocycles. The summed E-state index contributed by atoms with van der Waals surface area (Å²) in [6, 6.07) is 18.2. The van der Waals surface area contributed by atoms with Crippen molar-refractivity contribution in [3.05, 3.63) is 88.7 Å². The van der Waals surface area contributed by atoms with Gasteiger partial charge in [0.2, 0.25) is 0 Å². The first-order chi connectivity index (χ1) is 18.9. The molecule has 0 saturated heterocycles. The highest BCUT2D eigenvalue weighted by molar-refractivity contribution is 6.30. The van der Waals surface area contributed by atoms with E-state index in [2.05, 4.69) is 41.5 Å². The van der Waals surface area contributed by atoms with E-state index < -0.39 is 11.5 Å². The van der Waals surface area contributed by atoms with Crippen molar-refractivity contribution in [1.82, 2.24) is 4.98 Å². The Morgan fingerprint density at radius 1 is 1.13 bits per heavy atom. The van der Waals surface area contributed by atoms with Crippen LogP contribution in [0.4, 0.5) is 5.69 Å². The number of ether oxygens (including phenoxy) is 1. The number of anilines is 1. The third kappa shape index (κ3) is 5.14. The molecule has 3 aliphatic rings. The van der Waals surface area contributed by atoms with Crippen molar-refractivity contribution >= 4 is 23.3 Å². The van der Waals surface area contributed by atoms with Gasteiger partial charge in [-0.2, -0.15) is 0 Å². The van der Waals surface area contributed by atoms with E-state index in [4.69, 9.17) is 16.3 Å². The minimum atomic E-state index is -0.993. The maximum atomic E-state index is 12.7. The van der Waals surface area contributed by atoms with Crippen LogP contribution >= 0.6 is 11.6 Å². The predicted octanol–water partition coefficient (Wildman–Crippen LogP) is 7.64. The first-order valence-corrected chi connectivity index (χ1v) is 14.7. The van der Waals surface area contributed by atoms with Crippen molar-refractivity contribution in [1.29, 1.82) is 0 Å². The Kier molecular flexibility index (Phi) is 7.05. The summed E-state index contributed by atoms with van der Waals surface area (Å²) in [4.78, 5) is 17.0. The average Bonchev–Trinajstić information content (AvgIpc) is 3.74. The van der Waals surface area contributed by atoms with Gasteiger partial charge in [-0.1, -0.05) is 48.9 Å².